The van der Waals surface area contributed by atoms with Gasteiger partial charge in [-0.2, -0.15) is 0 Å². The highest BCUT2D eigenvalue weighted by Crippen LogP contribution is 2.48. The Hall–Kier alpha value is -0.870. The summed E-state index contributed by atoms with van der Waals surface area (Å²) in [5, 5.41) is 0. The van der Waals surface area contributed by atoms with Gasteiger partial charge in [-0.15, -0.1) is 11.3 Å². The van der Waals surface area contributed by atoms with E-state index in [9.17, 15) is 4.79 Å². The van der Waals surface area contributed by atoms with E-state index in [0.717, 1.165) is 42.0 Å². The van der Waals surface area contributed by atoms with E-state index in [2.05, 4.69) is 25.1 Å². The topological polar surface area (TPSA) is 30.0 Å². The van der Waals surface area contributed by atoms with E-state index in [1.807, 2.05) is 6.07 Å². The number of carbonyl (C=O) groups excluding carboxylic acids is 1. The molecule has 1 saturated carbocycles. The fourth-order valence-corrected chi connectivity index (χ4v) is 6.02. The number of nitrogens with zero attached hydrogens (tertiary/aromatic N) is 1. The zero-order valence-electron chi connectivity index (χ0n) is 13.1. The van der Waals surface area contributed by atoms with Crippen LogP contribution in [-0.4, -0.2) is 15.5 Å². The molecule has 1 aliphatic rings. The summed E-state index contributed by atoms with van der Waals surface area (Å²) in [7, 11) is 0. The van der Waals surface area contributed by atoms with Crippen LogP contribution in [0.15, 0.2) is 28.6 Å². The largest absolute Gasteiger partial charge is 0.298 e. The van der Waals surface area contributed by atoms with Crippen molar-refractivity contribution in [3.8, 4) is 0 Å². The molecule has 0 saturated heterocycles. The Kier molecular flexibility index (Phi) is 5.19. The van der Waals surface area contributed by atoms with Crippen LogP contribution in [0.3, 0.4) is 0 Å². The lowest BCUT2D eigenvalue weighted by Gasteiger charge is -2.25. The van der Waals surface area contributed by atoms with Crippen LogP contribution < -0.4 is 0 Å². The summed E-state index contributed by atoms with van der Waals surface area (Å²) in [5.41, 5.74) is 1.06. The molecule has 2 nitrogen and oxygen atoms in total. The highest BCUT2D eigenvalue weighted by Gasteiger charge is 2.43. The van der Waals surface area contributed by atoms with E-state index in [4.69, 9.17) is 4.98 Å². The minimum absolute atomic E-state index is 0.193. The predicted molar refractivity (Wildman–Crippen MR) is 95.8 cm³/mol. The number of benzene rings is 1. The first kappa shape index (κ1) is 16.0. The van der Waals surface area contributed by atoms with Crippen LogP contribution in [0, 0.1) is 0 Å². The number of carbonyl (C=O) groups is 1. The zero-order chi connectivity index (χ0) is 15.4. The van der Waals surface area contributed by atoms with Gasteiger partial charge in [0.25, 0.3) is 0 Å². The number of unbranched alkanes of at least 4 members (excludes halogenated alkanes) is 3. The van der Waals surface area contributed by atoms with Crippen LogP contribution in [-0.2, 0) is 4.79 Å². The Bertz CT molecular complexity index is 618. The smallest absolute Gasteiger partial charge is 0.152 e. The first-order chi connectivity index (χ1) is 10.7. The van der Waals surface area contributed by atoms with Crippen molar-refractivity contribution in [2.45, 2.75) is 67.4 Å². The first-order valence-corrected chi connectivity index (χ1v) is 9.95. The molecule has 3 rings (SSSR count). The summed E-state index contributed by atoms with van der Waals surface area (Å²) in [4.78, 5) is 17.3. The molecule has 4 heteroatoms. The number of fused-ring (bicyclic) bond motifs is 1. The highest BCUT2D eigenvalue weighted by molar-refractivity contribution is 8.03. The number of para-hydroxylation sites is 1. The number of Topliss-reactive ketones (excluding diaryl/α,β-unsaturated/α-hetero) is 1. The molecule has 0 spiro atoms. The molecular formula is C18H23NOS2. The van der Waals surface area contributed by atoms with Crippen molar-refractivity contribution in [2.24, 2.45) is 0 Å². The molecule has 22 heavy (non-hydrogen) atoms. The third-order valence-corrected chi connectivity index (χ3v) is 7.11. The average molecular weight is 334 g/mol. The van der Waals surface area contributed by atoms with Gasteiger partial charge in [-0.1, -0.05) is 56.5 Å². The summed E-state index contributed by atoms with van der Waals surface area (Å²) in [6, 6.07) is 8.25. The monoisotopic (exact) mass is 333 g/mol. The molecule has 0 bridgehead atoms. The Labute approximate surface area is 140 Å². The molecule has 2 aromatic rings. The number of rotatable bonds is 7. The van der Waals surface area contributed by atoms with Gasteiger partial charge in [-0.25, -0.2) is 4.98 Å². The van der Waals surface area contributed by atoms with E-state index in [1.165, 1.54) is 24.0 Å². The van der Waals surface area contributed by atoms with E-state index in [1.54, 1.807) is 23.1 Å². The normalized spacial score (nSPS) is 21.8. The molecule has 1 aromatic heterocycles. The summed E-state index contributed by atoms with van der Waals surface area (Å²) in [6.45, 7) is 2.23. The maximum absolute atomic E-state index is 12.5. The second-order valence-electron chi connectivity index (χ2n) is 6.13. The highest BCUT2D eigenvalue weighted by atomic mass is 32.2. The molecule has 0 radical (unpaired) electrons. The standard InChI is InChI=1S/C18H23NOS2/c1-2-3-4-7-12-18(13-8-11-16(18)20)22-17-19-14-9-5-6-10-15(14)21-17/h5-6,9-10H,2-4,7-8,11-13H2,1H3. The minimum Gasteiger partial charge on any atom is -0.298 e. The lowest BCUT2D eigenvalue weighted by atomic mass is 9.97. The number of hydrogen-bond donors (Lipinski definition) is 0. The SMILES string of the molecule is CCCCCCC1(Sc2nc3ccccc3s2)CCCC1=O. The van der Waals surface area contributed by atoms with Crippen molar-refractivity contribution >= 4 is 39.1 Å². The summed E-state index contributed by atoms with van der Waals surface area (Å²) < 4.78 is 2.09. The summed E-state index contributed by atoms with van der Waals surface area (Å²) in [5.74, 6) is 0.452. The molecule has 1 heterocycles. The van der Waals surface area contributed by atoms with Gasteiger partial charge in [0, 0.05) is 6.42 Å². The lowest BCUT2D eigenvalue weighted by molar-refractivity contribution is -0.119. The van der Waals surface area contributed by atoms with Gasteiger partial charge in [-0.3, -0.25) is 4.79 Å². The average Bonchev–Trinajstić information content (AvgIpc) is 3.08. The summed E-state index contributed by atoms with van der Waals surface area (Å²) in [6.07, 6.45) is 8.77. The Balaban J connectivity index is 1.76. The second kappa shape index (κ2) is 7.14. The van der Waals surface area contributed by atoms with E-state index in [-0.39, 0.29) is 4.75 Å². The van der Waals surface area contributed by atoms with E-state index < -0.39 is 0 Å². The van der Waals surface area contributed by atoms with Crippen LogP contribution in [0.2, 0.25) is 0 Å². The molecule has 1 aromatic carbocycles. The van der Waals surface area contributed by atoms with Gasteiger partial charge in [-0.05, 0) is 31.4 Å². The molecule has 0 N–H and O–H groups in total. The quantitative estimate of drug-likeness (QED) is 0.595. The third kappa shape index (κ3) is 3.38. The van der Waals surface area contributed by atoms with Gasteiger partial charge in [0.2, 0.25) is 0 Å². The fraction of sp³-hybridized carbons (Fsp3) is 0.556. The van der Waals surface area contributed by atoms with Crippen molar-refractivity contribution in [1.82, 2.24) is 4.98 Å². The number of ketones is 1. The number of thiazole rings is 1. The first-order valence-electron chi connectivity index (χ1n) is 8.31. The fourth-order valence-electron chi connectivity index (χ4n) is 3.22. The van der Waals surface area contributed by atoms with Crippen molar-refractivity contribution in [3.63, 3.8) is 0 Å². The molecule has 0 aliphatic heterocycles. The molecule has 1 atom stereocenters. The molecule has 0 amide bonds. The predicted octanol–water partition coefficient (Wildman–Crippen LogP) is 5.85. The Morgan fingerprint density at radius 2 is 2.14 bits per heavy atom. The minimum atomic E-state index is -0.193. The van der Waals surface area contributed by atoms with Crippen molar-refractivity contribution in [2.75, 3.05) is 0 Å². The van der Waals surface area contributed by atoms with Crippen LogP contribution in [0.1, 0.15) is 58.3 Å². The van der Waals surface area contributed by atoms with Crippen LogP contribution in [0.25, 0.3) is 10.2 Å². The van der Waals surface area contributed by atoms with Crippen LogP contribution in [0.5, 0.6) is 0 Å². The number of thioether (sulfide) groups is 1. The third-order valence-electron chi connectivity index (χ3n) is 4.48. The van der Waals surface area contributed by atoms with E-state index in [0.29, 0.717) is 5.78 Å². The molecular weight excluding hydrogens is 310 g/mol. The second-order valence-corrected chi connectivity index (χ2v) is 8.79. The molecule has 1 fully saturated rings. The lowest BCUT2D eigenvalue weighted by Crippen LogP contribution is -2.29. The van der Waals surface area contributed by atoms with Gasteiger partial charge in [0.15, 0.2) is 4.34 Å². The Morgan fingerprint density at radius 3 is 2.86 bits per heavy atom. The van der Waals surface area contributed by atoms with Crippen LogP contribution >= 0.6 is 23.1 Å². The van der Waals surface area contributed by atoms with Gasteiger partial charge in [0.1, 0.15) is 5.78 Å². The molecule has 1 aliphatic carbocycles. The van der Waals surface area contributed by atoms with Gasteiger partial charge < -0.3 is 0 Å². The Morgan fingerprint density at radius 1 is 1.27 bits per heavy atom. The maximum atomic E-state index is 12.5. The molecule has 1 unspecified atom stereocenters. The zero-order valence-corrected chi connectivity index (χ0v) is 14.8. The number of aromatic nitrogens is 1. The van der Waals surface area contributed by atoms with Gasteiger partial charge in [0.05, 0.1) is 15.0 Å². The van der Waals surface area contributed by atoms with Crippen molar-refractivity contribution < 1.29 is 4.79 Å². The van der Waals surface area contributed by atoms with Crippen LogP contribution in [0.4, 0.5) is 0 Å². The number of hydrogen-bond acceptors (Lipinski definition) is 4. The van der Waals surface area contributed by atoms with Crippen molar-refractivity contribution in [3.05, 3.63) is 24.3 Å². The van der Waals surface area contributed by atoms with Gasteiger partial charge >= 0.3 is 0 Å². The maximum Gasteiger partial charge on any atom is 0.152 e. The molecule has 118 valence electrons. The van der Waals surface area contributed by atoms with E-state index >= 15 is 0 Å². The summed E-state index contributed by atoms with van der Waals surface area (Å²) >= 11 is 3.48. The van der Waals surface area contributed by atoms with Crippen molar-refractivity contribution in [1.29, 1.82) is 0 Å².